The first kappa shape index (κ1) is 23.1. The molecule has 1 fully saturated rings. The first-order valence-electron chi connectivity index (χ1n) is 11.4. The minimum atomic E-state index is -1.09. The van der Waals surface area contributed by atoms with Crippen LogP contribution in [0.1, 0.15) is 22.2 Å². The molecule has 0 unspecified atom stereocenters. The lowest BCUT2D eigenvalue weighted by atomic mass is 9.94. The van der Waals surface area contributed by atoms with Gasteiger partial charge in [-0.25, -0.2) is 4.39 Å². The second-order valence-corrected chi connectivity index (χ2v) is 8.46. The summed E-state index contributed by atoms with van der Waals surface area (Å²) in [6.45, 7) is 3.29. The third-order valence-electron chi connectivity index (χ3n) is 6.46. The summed E-state index contributed by atoms with van der Waals surface area (Å²) < 4.78 is 31.4. The fraction of sp³-hybridized carbons (Fsp3) is 0.308. The molecule has 0 spiro atoms. The lowest BCUT2D eigenvalue weighted by molar-refractivity contribution is -0.129. The molecular weight excluding hydrogens is 455 g/mol. The highest BCUT2D eigenvalue weighted by Gasteiger charge is 2.45. The lowest BCUT2D eigenvalue weighted by Gasteiger charge is -2.31. The standard InChI is InChI=1S/C26H25FN2O6/c1-33-19-8-4-5-16-15-20(35-25(16)19)23(30)21-22(17-6-2-3-7-18(17)27)29(26(32)24(21)31)10-9-28-11-13-34-14-12-28/h2-8,15,22,31H,9-14H2,1H3/t22-/m1/s1. The summed E-state index contributed by atoms with van der Waals surface area (Å²) in [6, 6.07) is 11.6. The van der Waals surface area contributed by atoms with Gasteiger partial charge < -0.3 is 23.9 Å². The van der Waals surface area contributed by atoms with Gasteiger partial charge in [0, 0.05) is 37.1 Å². The molecule has 1 aromatic heterocycles. The van der Waals surface area contributed by atoms with E-state index in [2.05, 4.69) is 4.90 Å². The Labute approximate surface area is 201 Å². The summed E-state index contributed by atoms with van der Waals surface area (Å²) in [6.07, 6.45) is 0. The van der Waals surface area contributed by atoms with Crippen LogP contribution in [0.4, 0.5) is 4.39 Å². The predicted octanol–water partition coefficient (Wildman–Crippen LogP) is 3.49. The molecule has 0 aliphatic carbocycles. The third kappa shape index (κ3) is 4.17. The van der Waals surface area contributed by atoms with Crippen molar-refractivity contribution in [2.45, 2.75) is 6.04 Å². The van der Waals surface area contributed by atoms with Gasteiger partial charge in [0.15, 0.2) is 22.9 Å². The number of benzene rings is 2. The molecule has 0 bridgehead atoms. The molecule has 2 aromatic carbocycles. The van der Waals surface area contributed by atoms with Crippen LogP contribution in [-0.2, 0) is 9.53 Å². The molecule has 2 aliphatic rings. The van der Waals surface area contributed by atoms with Crippen molar-refractivity contribution in [2.75, 3.05) is 46.5 Å². The number of rotatable bonds is 7. The van der Waals surface area contributed by atoms with Crippen molar-refractivity contribution in [3.05, 3.63) is 77.0 Å². The van der Waals surface area contributed by atoms with Crippen LogP contribution >= 0.6 is 0 Å². The maximum Gasteiger partial charge on any atom is 0.290 e. The van der Waals surface area contributed by atoms with Crippen LogP contribution in [0.5, 0.6) is 5.75 Å². The van der Waals surface area contributed by atoms with E-state index in [1.165, 1.54) is 36.3 Å². The lowest BCUT2D eigenvalue weighted by Crippen LogP contribution is -2.43. The Balaban J connectivity index is 1.53. The summed E-state index contributed by atoms with van der Waals surface area (Å²) in [5, 5.41) is 11.5. The van der Waals surface area contributed by atoms with Crippen LogP contribution in [0.2, 0.25) is 0 Å². The Morgan fingerprint density at radius 3 is 2.66 bits per heavy atom. The van der Waals surface area contributed by atoms with Crippen molar-refractivity contribution in [2.24, 2.45) is 0 Å². The predicted molar refractivity (Wildman–Crippen MR) is 125 cm³/mol. The van der Waals surface area contributed by atoms with Gasteiger partial charge in [-0.3, -0.25) is 14.5 Å². The molecule has 182 valence electrons. The number of ketones is 1. The van der Waals surface area contributed by atoms with Gasteiger partial charge in [0.1, 0.15) is 5.82 Å². The van der Waals surface area contributed by atoms with E-state index in [0.29, 0.717) is 49.6 Å². The molecule has 0 saturated carbocycles. The molecule has 0 radical (unpaired) electrons. The average Bonchev–Trinajstić information content (AvgIpc) is 3.42. The zero-order chi connectivity index (χ0) is 24.5. The fourth-order valence-corrected chi connectivity index (χ4v) is 4.65. The molecule has 5 rings (SSSR count). The zero-order valence-electron chi connectivity index (χ0n) is 19.2. The highest BCUT2D eigenvalue weighted by molar-refractivity contribution is 6.16. The third-order valence-corrected chi connectivity index (χ3v) is 6.46. The molecule has 3 heterocycles. The molecular formula is C26H25FN2O6. The smallest absolute Gasteiger partial charge is 0.290 e. The Kier molecular flexibility index (Phi) is 6.27. The normalized spacial score (nSPS) is 19.1. The summed E-state index contributed by atoms with van der Waals surface area (Å²) >= 11 is 0. The van der Waals surface area contributed by atoms with Crippen molar-refractivity contribution >= 4 is 22.7 Å². The number of aliphatic hydroxyl groups is 1. The second kappa shape index (κ2) is 9.52. The van der Waals surface area contributed by atoms with Crippen molar-refractivity contribution < 1.29 is 33.0 Å². The first-order valence-corrected chi connectivity index (χ1v) is 11.4. The number of halogens is 1. The number of para-hydroxylation sites is 1. The molecule has 35 heavy (non-hydrogen) atoms. The molecule has 2 aliphatic heterocycles. The van der Waals surface area contributed by atoms with Gasteiger partial charge in [0.05, 0.1) is 31.9 Å². The summed E-state index contributed by atoms with van der Waals surface area (Å²) in [7, 11) is 1.49. The monoisotopic (exact) mass is 480 g/mol. The van der Waals surface area contributed by atoms with Gasteiger partial charge >= 0.3 is 0 Å². The Hall–Kier alpha value is -3.69. The summed E-state index contributed by atoms with van der Waals surface area (Å²) in [5.41, 5.74) is 0.290. The van der Waals surface area contributed by atoms with Gasteiger partial charge in [-0.1, -0.05) is 30.3 Å². The number of nitrogens with zero attached hydrogens (tertiary/aromatic N) is 2. The van der Waals surface area contributed by atoms with Gasteiger partial charge in [0.25, 0.3) is 5.91 Å². The average molecular weight is 480 g/mol. The quantitative estimate of drug-likeness (QED) is 0.518. The van der Waals surface area contributed by atoms with Crippen LogP contribution < -0.4 is 4.74 Å². The number of methoxy groups -OCH3 is 1. The van der Waals surface area contributed by atoms with E-state index in [1.807, 2.05) is 0 Å². The molecule has 9 heteroatoms. The van der Waals surface area contributed by atoms with Crippen molar-refractivity contribution in [1.29, 1.82) is 0 Å². The largest absolute Gasteiger partial charge is 0.503 e. The number of morpholine rings is 1. The number of carbonyl (C=O) groups is 2. The number of ether oxygens (including phenoxy) is 2. The molecule has 8 nitrogen and oxygen atoms in total. The number of amides is 1. The van der Waals surface area contributed by atoms with E-state index in [1.54, 1.807) is 24.3 Å². The second-order valence-electron chi connectivity index (χ2n) is 8.46. The van der Waals surface area contributed by atoms with E-state index < -0.39 is 29.3 Å². The summed E-state index contributed by atoms with van der Waals surface area (Å²) in [4.78, 5) is 30.2. The van der Waals surface area contributed by atoms with Crippen molar-refractivity contribution in [1.82, 2.24) is 9.80 Å². The topological polar surface area (TPSA) is 92.5 Å². The SMILES string of the molecule is COc1cccc2cc(C(=O)C3=C(O)C(=O)N(CCN4CCOCC4)[C@@H]3c3ccccc3F)oc12. The highest BCUT2D eigenvalue weighted by atomic mass is 19.1. The van der Waals surface area contributed by atoms with E-state index in [-0.39, 0.29) is 23.4 Å². The molecule has 3 aromatic rings. The minimum absolute atomic E-state index is 0.0739. The van der Waals surface area contributed by atoms with Crippen LogP contribution in [0, 0.1) is 5.82 Å². The number of aliphatic hydroxyl groups excluding tert-OH is 1. The minimum Gasteiger partial charge on any atom is -0.503 e. The highest BCUT2D eigenvalue weighted by Crippen LogP contribution is 2.41. The van der Waals surface area contributed by atoms with Gasteiger partial charge in [-0.2, -0.15) is 0 Å². The molecule has 1 amide bonds. The maximum absolute atomic E-state index is 14.9. The van der Waals surface area contributed by atoms with Crippen molar-refractivity contribution in [3.63, 3.8) is 0 Å². The number of Topliss-reactive ketones (excluding diaryl/α,β-unsaturated/α-hetero) is 1. The molecule has 1 saturated heterocycles. The van der Waals surface area contributed by atoms with E-state index in [9.17, 15) is 19.1 Å². The van der Waals surface area contributed by atoms with Crippen LogP contribution in [0.15, 0.2) is 64.3 Å². The zero-order valence-corrected chi connectivity index (χ0v) is 19.2. The fourth-order valence-electron chi connectivity index (χ4n) is 4.65. The van der Waals surface area contributed by atoms with E-state index >= 15 is 0 Å². The Bertz CT molecular complexity index is 1310. The first-order chi connectivity index (χ1) is 17.0. The van der Waals surface area contributed by atoms with Crippen molar-refractivity contribution in [3.8, 4) is 5.75 Å². The van der Waals surface area contributed by atoms with Crippen LogP contribution in [0.3, 0.4) is 0 Å². The van der Waals surface area contributed by atoms with Gasteiger partial charge in [-0.05, 0) is 18.2 Å². The number of carbonyl (C=O) groups excluding carboxylic acids is 2. The van der Waals surface area contributed by atoms with Crippen LogP contribution in [0.25, 0.3) is 11.0 Å². The summed E-state index contributed by atoms with van der Waals surface area (Å²) in [5.74, 6) is -2.30. The number of hydrogen-bond donors (Lipinski definition) is 1. The van der Waals surface area contributed by atoms with Crippen LogP contribution in [-0.4, -0.2) is 73.1 Å². The van der Waals surface area contributed by atoms with E-state index in [0.717, 1.165) is 0 Å². The number of fused-ring (bicyclic) bond motifs is 1. The maximum atomic E-state index is 14.9. The molecule has 1 N–H and O–H groups in total. The Morgan fingerprint density at radius 2 is 1.91 bits per heavy atom. The number of furan rings is 1. The van der Waals surface area contributed by atoms with Gasteiger partial charge in [0.2, 0.25) is 5.78 Å². The van der Waals surface area contributed by atoms with E-state index in [4.69, 9.17) is 13.9 Å². The number of hydrogen-bond acceptors (Lipinski definition) is 7. The van der Waals surface area contributed by atoms with Gasteiger partial charge in [-0.15, -0.1) is 0 Å². The Morgan fingerprint density at radius 1 is 1.14 bits per heavy atom. The molecule has 1 atom stereocenters.